The zero-order valence-corrected chi connectivity index (χ0v) is 22.7. The van der Waals surface area contributed by atoms with E-state index in [1.165, 1.54) is 27.8 Å². The minimum atomic E-state index is -0.557. The molecule has 1 aliphatic carbocycles. The number of aromatic nitrogens is 5. The van der Waals surface area contributed by atoms with E-state index in [-0.39, 0.29) is 35.0 Å². The minimum absolute atomic E-state index is 0.196. The van der Waals surface area contributed by atoms with E-state index in [0.717, 1.165) is 18.4 Å². The van der Waals surface area contributed by atoms with Crippen LogP contribution in [0.1, 0.15) is 51.8 Å². The first kappa shape index (κ1) is 26.8. The number of amides is 1. The Bertz CT molecular complexity index is 1950. The molecule has 1 unspecified atom stereocenters. The van der Waals surface area contributed by atoms with Crippen LogP contribution in [0, 0.1) is 23.1 Å². The van der Waals surface area contributed by atoms with Crippen molar-refractivity contribution in [1.82, 2.24) is 24.5 Å². The molecule has 2 aromatic carbocycles. The second-order valence-electron chi connectivity index (χ2n) is 10.5. The van der Waals surface area contributed by atoms with Gasteiger partial charge >= 0.3 is 5.69 Å². The van der Waals surface area contributed by atoms with Gasteiger partial charge in [0.25, 0.3) is 11.5 Å². The van der Waals surface area contributed by atoms with Crippen LogP contribution in [-0.4, -0.2) is 37.5 Å². The maximum Gasteiger partial charge on any atom is 0.330 e. The monoisotopic (exact) mass is 563 g/mol. The number of H-pyrrole nitrogens is 2. The summed E-state index contributed by atoms with van der Waals surface area (Å²) in [6, 6.07) is 18.7. The van der Waals surface area contributed by atoms with Gasteiger partial charge in [-0.3, -0.25) is 19.1 Å². The van der Waals surface area contributed by atoms with E-state index in [0.29, 0.717) is 35.1 Å². The number of nitrogens with one attached hydrogen (secondary N) is 2. The second-order valence-corrected chi connectivity index (χ2v) is 10.5. The number of imidazole rings is 1. The van der Waals surface area contributed by atoms with Crippen molar-refractivity contribution in [1.29, 1.82) is 5.26 Å². The van der Waals surface area contributed by atoms with E-state index in [4.69, 9.17) is 10.2 Å². The molecule has 0 saturated heterocycles. The Labute approximate surface area is 239 Å². The number of hydrogen-bond acceptors (Lipinski definition) is 6. The summed E-state index contributed by atoms with van der Waals surface area (Å²) in [4.78, 5) is 54.0. The number of anilines is 1. The Balaban J connectivity index is 1.37. The molecule has 1 saturated carbocycles. The normalized spacial score (nSPS) is 13.5. The van der Waals surface area contributed by atoms with Crippen molar-refractivity contribution >= 4 is 22.8 Å². The van der Waals surface area contributed by atoms with Gasteiger partial charge in [-0.25, -0.2) is 19.2 Å². The molecule has 1 atom stereocenters. The molecule has 210 valence electrons. The Morgan fingerprint density at radius 1 is 1.12 bits per heavy atom. The van der Waals surface area contributed by atoms with Crippen LogP contribution in [0.4, 0.5) is 10.1 Å². The first-order valence-corrected chi connectivity index (χ1v) is 13.5. The molecule has 42 heavy (non-hydrogen) atoms. The first-order chi connectivity index (χ1) is 20.3. The predicted octanol–water partition coefficient (Wildman–Crippen LogP) is 3.88. The van der Waals surface area contributed by atoms with E-state index < -0.39 is 17.2 Å². The zero-order valence-electron chi connectivity index (χ0n) is 22.7. The highest BCUT2D eigenvalue weighted by Crippen LogP contribution is 2.32. The van der Waals surface area contributed by atoms with Gasteiger partial charge in [0.05, 0.1) is 5.56 Å². The molecule has 1 amide bonds. The molecular formula is C31H26FN7O3. The van der Waals surface area contributed by atoms with Crippen molar-refractivity contribution in [2.24, 2.45) is 5.92 Å². The third-order valence-corrected chi connectivity index (χ3v) is 7.61. The van der Waals surface area contributed by atoms with Crippen molar-refractivity contribution in [3.8, 4) is 6.07 Å². The van der Waals surface area contributed by atoms with Crippen LogP contribution in [0.15, 0.2) is 76.4 Å². The van der Waals surface area contributed by atoms with Crippen molar-refractivity contribution in [2.75, 3.05) is 11.9 Å². The van der Waals surface area contributed by atoms with E-state index in [9.17, 15) is 18.8 Å². The van der Waals surface area contributed by atoms with Crippen molar-refractivity contribution in [3.63, 3.8) is 0 Å². The molecule has 0 aliphatic heterocycles. The van der Waals surface area contributed by atoms with E-state index in [1.807, 2.05) is 18.2 Å². The minimum Gasteiger partial charge on any atom is -0.336 e. The van der Waals surface area contributed by atoms with Gasteiger partial charge in [0, 0.05) is 31.4 Å². The highest BCUT2D eigenvalue weighted by Gasteiger charge is 2.27. The fourth-order valence-corrected chi connectivity index (χ4v) is 5.04. The summed E-state index contributed by atoms with van der Waals surface area (Å²) in [6.45, 7) is 0.470. The summed E-state index contributed by atoms with van der Waals surface area (Å²) in [6.07, 6.45) is 3.64. The Hall–Kier alpha value is -5.37. The third-order valence-electron chi connectivity index (χ3n) is 7.61. The first-order valence-electron chi connectivity index (χ1n) is 13.5. The average molecular weight is 564 g/mol. The molecule has 1 fully saturated rings. The lowest BCUT2D eigenvalue weighted by molar-refractivity contribution is 0.0992. The summed E-state index contributed by atoms with van der Waals surface area (Å²) in [5.41, 5.74) is 1.82. The molecule has 10 nitrogen and oxygen atoms in total. The fraction of sp³-hybridized carbons (Fsp3) is 0.226. The largest absolute Gasteiger partial charge is 0.336 e. The number of nitrogens with zero attached hydrogens (tertiary/aromatic N) is 5. The molecule has 0 radical (unpaired) electrons. The van der Waals surface area contributed by atoms with Crippen LogP contribution in [0.2, 0.25) is 0 Å². The maximum absolute atomic E-state index is 14.8. The molecule has 0 spiro atoms. The average Bonchev–Trinajstić information content (AvgIpc) is 3.73. The number of fused-ring (bicyclic) bond motifs is 1. The molecule has 3 aromatic heterocycles. The van der Waals surface area contributed by atoms with Gasteiger partial charge < -0.3 is 9.88 Å². The number of carbonyl (C=O) groups excluding carboxylic acids is 1. The number of pyridine rings is 1. The van der Waals surface area contributed by atoms with Crippen molar-refractivity contribution < 1.29 is 9.18 Å². The lowest BCUT2D eigenvalue weighted by Gasteiger charge is -2.20. The highest BCUT2D eigenvalue weighted by molar-refractivity contribution is 6.05. The lowest BCUT2D eigenvalue weighted by atomic mass is 9.91. The standard InChI is InChI=1S/C31H26FN7O3/c1-38(30(41)21-8-11-22(15-33)34-16-21)23-12-9-19(10-13-23)24(14-20-4-2-3-5-25(20)32)27-35-26-28(36-27)39(17-18-6-7-18)31(42)37-29(26)40/h2-5,8-13,16,18,24H,6-7,14,17H2,1H3,(H,35,36)(H,37,40,42). The number of benzene rings is 2. The van der Waals surface area contributed by atoms with Crippen LogP contribution in [0.3, 0.4) is 0 Å². The highest BCUT2D eigenvalue weighted by atomic mass is 19.1. The van der Waals surface area contributed by atoms with Crippen LogP contribution < -0.4 is 16.1 Å². The molecule has 3 heterocycles. The Kier molecular flexibility index (Phi) is 6.96. The number of carbonyl (C=O) groups is 1. The lowest BCUT2D eigenvalue weighted by Crippen LogP contribution is -2.30. The van der Waals surface area contributed by atoms with Gasteiger partial charge in [-0.1, -0.05) is 30.3 Å². The zero-order chi connectivity index (χ0) is 29.4. The predicted molar refractivity (Wildman–Crippen MR) is 154 cm³/mol. The van der Waals surface area contributed by atoms with Crippen LogP contribution in [0.25, 0.3) is 11.2 Å². The quantitative estimate of drug-likeness (QED) is 0.294. The van der Waals surface area contributed by atoms with Crippen molar-refractivity contribution in [3.05, 3.63) is 122 Å². The third kappa shape index (κ3) is 5.22. The molecule has 2 N–H and O–H groups in total. The van der Waals surface area contributed by atoms with Gasteiger partial charge in [-0.05, 0) is 66.6 Å². The summed E-state index contributed by atoms with van der Waals surface area (Å²) in [5.74, 6) is -0.350. The molecule has 6 rings (SSSR count). The summed E-state index contributed by atoms with van der Waals surface area (Å²) in [5, 5.41) is 8.97. The number of hydrogen-bond donors (Lipinski definition) is 2. The van der Waals surface area contributed by atoms with Gasteiger partial charge in [0.2, 0.25) is 0 Å². The Morgan fingerprint density at radius 3 is 2.55 bits per heavy atom. The van der Waals surface area contributed by atoms with Crippen molar-refractivity contribution in [2.45, 2.75) is 31.7 Å². The van der Waals surface area contributed by atoms with Gasteiger partial charge in [0.15, 0.2) is 5.65 Å². The van der Waals surface area contributed by atoms with E-state index >= 15 is 0 Å². The molecule has 11 heteroatoms. The summed E-state index contributed by atoms with van der Waals surface area (Å²) < 4.78 is 16.3. The molecule has 5 aromatic rings. The SMILES string of the molecule is CN(C(=O)c1ccc(C#N)nc1)c1ccc(C(Cc2ccccc2F)c2nc3c([nH]2)c(=O)[nH]c(=O)n3CC2CC2)cc1. The number of aromatic amines is 2. The van der Waals surface area contributed by atoms with Gasteiger partial charge in [0.1, 0.15) is 28.9 Å². The van der Waals surface area contributed by atoms with Crippen LogP contribution >= 0.6 is 0 Å². The molecule has 0 bridgehead atoms. The smallest absolute Gasteiger partial charge is 0.330 e. The number of nitriles is 1. The van der Waals surface area contributed by atoms with Crippen LogP contribution in [-0.2, 0) is 13.0 Å². The number of halogens is 1. The van der Waals surface area contributed by atoms with E-state index in [1.54, 1.807) is 43.4 Å². The maximum atomic E-state index is 14.8. The number of rotatable bonds is 8. The summed E-state index contributed by atoms with van der Waals surface area (Å²) >= 11 is 0. The molecule has 1 aliphatic rings. The topological polar surface area (TPSA) is 141 Å². The molecular weight excluding hydrogens is 537 g/mol. The summed E-state index contributed by atoms with van der Waals surface area (Å²) in [7, 11) is 1.64. The second kappa shape index (κ2) is 10.9. The van der Waals surface area contributed by atoms with Gasteiger partial charge in [-0.15, -0.1) is 0 Å². The van der Waals surface area contributed by atoms with Crippen LogP contribution in [0.5, 0.6) is 0 Å². The van der Waals surface area contributed by atoms with E-state index in [2.05, 4.69) is 15.0 Å². The Morgan fingerprint density at radius 2 is 1.88 bits per heavy atom. The van der Waals surface area contributed by atoms with Gasteiger partial charge in [-0.2, -0.15) is 5.26 Å². The fourth-order valence-electron chi connectivity index (χ4n) is 5.04.